The van der Waals surface area contributed by atoms with E-state index in [9.17, 15) is 4.79 Å². The molecule has 0 aliphatic rings. The third-order valence-electron chi connectivity index (χ3n) is 3.01. The molecule has 1 amide bonds. The molecule has 2 aromatic heterocycles. The molecule has 0 aromatic carbocycles. The molecule has 108 valence electrons. The zero-order valence-electron chi connectivity index (χ0n) is 12.0. The van der Waals surface area contributed by atoms with Crippen molar-refractivity contribution in [3.63, 3.8) is 0 Å². The second-order valence-corrected chi connectivity index (χ2v) is 4.56. The lowest BCUT2D eigenvalue weighted by Crippen LogP contribution is -2.27. The van der Waals surface area contributed by atoms with Crippen LogP contribution in [0.25, 0.3) is 0 Å². The van der Waals surface area contributed by atoms with E-state index >= 15 is 0 Å². The van der Waals surface area contributed by atoms with Crippen molar-refractivity contribution in [1.29, 1.82) is 0 Å². The third kappa shape index (κ3) is 3.71. The van der Waals surface area contributed by atoms with Crippen LogP contribution in [0.1, 0.15) is 27.4 Å². The van der Waals surface area contributed by atoms with Crippen molar-refractivity contribution in [2.45, 2.75) is 13.5 Å². The number of hydrogen-bond acceptors (Lipinski definition) is 4. The van der Waals surface area contributed by atoms with Gasteiger partial charge in [0, 0.05) is 30.9 Å². The number of carbonyl (C=O) groups is 1. The van der Waals surface area contributed by atoms with Gasteiger partial charge in [-0.15, -0.1) is 0 Å². The lowest BCUT2D eigenvalue weighted by atomic mass is 10.2. The lowest BCUT2D eigenvalue weighted by Gasteiger charge is -2.16. The molecule has 0 unspecified atom stereocenters. The number of aryl methyl sites for hydroxylation is 1. The molecule has 5 nitrogen and oxygen atoms in total. The Labute approximate surface area is 123 Å². The van der Waals surface area contributed by atoms with Gasteiger partial charge in [0.15, 0.2) is 0 Å². The Morgan fingerprint density at radius 3 is 2.81 bits per heavy atom. The molecule has 0 saturated heterocycles. The topological polar surface area (TPSA) is 66.6 Å². The van der Waals surface area contributed by atoms with Crippen LogP contribution in [-0.2, 0) is 6.54 Å². The normalized spacial score (nSPS) is 9.86. The van der Waals surface area contributed by atoms with E-state index in [0.717, 1.165) is 11.3 Å². The fourth-order valence-corrected chi connectivity index (χ4v) is 1.83. The highest BCUT2D eigenvalue weighted by Gasteiger charge is 2.14. The van der Waals surface area contributed by atoms with Crippen LogP contribution in [-0.4, -0.2) is 34.6 Å². The summed E-state index contributed by atoms with van der Waals surface area (Å²) in [6, 6.07) is 5.18. The zero-order chi connectivity index (χ0) is 15.2. The Morgan fingerprint density at radius 1 is 1.43 bits per heavy atom. The fraction of sp³-hybridized carbons (Fsp3) is 0.250. The predicted molar refractivity (Wildman–Crippen MR) is 77.4 cm³/mol. The Bertz CT molecular complexity index is 678. The first-order valence-electron chi connectivity index (χ1n) is 6.46. The largest absolute Gasteiger partial charge is 0.469 e. The molecule has 21 heavy (non-hydrogen) atoms. The van der Waals surface area contributed by atoms with E-state index in [1.165, 1.54) is 6.20 Å². The summed E-state index contributed by atoms with van der Waals surface area (Å²) in [5.41, 5.74) is 1.98. The number of amides is 1. The van der Waals surface area contributed by atoms with Crippen LogP contribution in [0.5, 0.6) is 0 Å². The van der Waals surface area contributed by atoms with Crippen LogP contribution in [0.2, 0.25) is 0 Å². The molecule has 0 saturated carbocycles. The number of aliphatic hydroxyl groups is 1. The minimum absolute atomic E-state index is 0.169. The molecule has 0 aliphatic heterocycles. The Hall–Kier alpha value is -2.58. The minimum atomic E-state index is -0.201. The highest BCUT2D eigenvalue weighted by Crippen LogP contribution is 2.12. The SMILES string of the molecule is Cc1occc1CN(C)C(=O)c1ccc(C#CCO)cn1. The number of aliphatic hydroxyl groups excluding tert-OH is 1. The molecule has 2 heterocycles. The van der Waals surface area contributed by atoms with Crippen LogP contribution < -0.4 is 0 Å². The van der Waals surface area contributed by atoms with E-state index in [4.69, 9.17) is 9.52 Å². The van der Waals surface area contributed by atoms with Gasteiger partial charge in [-0.1, -0.05) is 11.8 Å². The van der Waals surface area contributed by atoms with Gasteiger partial charge >= 0.3 is 0 Å². The summed E-state index contributed by atoms with van der Waals surface area (Å²) in [7, 11) is 1.72. The number of carbonyl (C=O) groups excluding carboxylic acids is 1. The van der Waals surface area contributed by atoms with E-state index in [2.05, 4.69) is 16.8 Å². The monoisotopic (exact) mass is 284 g/mol. The molecule has 2 aromatic rings. The first-order chi connectivity index (χ1) is 10.1. The molecule has 1 N–H and O–H groups in total. The van der Waals surface area contributed by atoms with Gasteiger partial charge in [0.1, 0.15) is 18.1 Å². The van der Waals surface area contributed by atoms with Crippen molar-refractivity contribution >= 4 is 5.91 Å². The second-order valence-electron chi connectivity index (χ2n) is 4.56. The highest BCUT2D eigenvalue weighted by molar-refractivity contribution is 5.92. The average molecular weight is 284 g/mol. The molecular formula is C16H16N2O3. The van der Waals surface area contributed by atoms with Crippen LogP contribution in [0.3, 0.4) is 0 Å². The number of rotatable bonds is 3. The predicted octanol–water partition coefficient (Wildman–Crippen LogP) is 1.60. The van der Waals surface area contributed by atoms with E-state index in [-0.39, 0.29) is 12.5 Å². The van der Waals surface area contributed by atoms with Gasteiger partial charge in [0.2, 0.25) is 0 Å². The van der Waals surface area contributed by atoms with Crippen molar-refractivity contribution in [2.75, 3.05) is 13.7 Å². The summed E-state index contributed by atoms with van der Waals surface area (Å²) in [6.07, 6.45) is 3.13. The molecule has 2 rings (SSSR count). The van der Waals surface area contributed by atoms with Crippen LogP contribution in [0.4, 0.5) is 0 Å². The van der Waals surface area contributed by atoms with Gasteiger partial charge in [0.25, 0.3) is 5.91 Å². The first-order valence-corrected chi connectivity index (χ1v) is 6.46. The molecular weight excluding hydrogens is 268 g/mol. The van der Waals surface area contributed by atoms with Crippen LogP contribution >= 0.6 is 0 Å². The van der Waals surface area contributed by atoms with Gasteiger partial charge in [0.05, 0.1) is 6.26 Å². The van der Waals surface area contributed by atoms with Gasteiger partial charge in [-0.25, -0.2) is 4.98 Å². The summed E-state index contributed by atoms with van der Waals surface area (Å²) in [5.74, 6) is 5.90. The molecule has 0 spiro atoms. The van der Waals surface area contributed by atoms with Gasteiger partial charge in [-0.2, -0.15) is 0 Å². The Balaban J connectivity index is 2.07. The maximum Gasteiger partial charge on any atom is 0.272 e. The van der Waals surface area contributed by atoms with Crippen molar-refractivity contribution in [3.8, 4) is 11.8 Å². The number of aromatic nitrogens is 1. The minimum Gasteiger partial charge on any atom is -0.469 e. The Kier molecular flexibility index (Phi) is 4.75. The summed E-state index contributed by atoms with van der Waals surface area (Å²) in [4.78, 5) is 18.0. The van der Waals surface area contributed by atoms with Gasteiger partial charge in [-0.3, -0.25) is 4.79 Å². The molecule has 0 radical (unpaired) electrons. The quantitative estimate of drug-likeness (QED) is 0.869. The highest BCUT2D eigenvalue weighted by atomic mass is 16.3. The van der Waals surface area contributed by atoms with E-state index in [0.29, 0.717) is 17.8 Å². The number of hydrogen-bond donors (Lipinski definition) is 1. The number of pyridine rings is 1. The summed E-state index contributed by atoms with van der Waals surface area (Å²) in [6.45, 7) is 2.13. The van der Waals surface area contributed by atoms with Gasteiger partial charge < -0.3 is 14.4 Å². The van der Waals surface area contributed by atoms with E-state index < -0.39 is 0 Å². The average Bonchev–Trinajstić information content (AvgIpc) is 2.90. The first kappa shape index (κ1) is 14.8. The zero-order valence-corrected chi connectivity index (χ0v) is 12.0. The maximum absolute atomic E-state index is 12.3. The smallest absolute Gasteiger partial charge is 0.272 e. The Morgan fingerprint density at radius 2 is 2.24 bits per heavy atom. The summed E-state index contributed by atoms with van der Waals surface area (Å²) >= 11 is 0. The lowest BCUT2D eigenvalue weighted by molar-refractivity contribution is 0.0779. The molecule has 0 atom stereocenters. The summed E-state index contributed by atoms with van der Waals surface area (Å²) in [5, 5.41) is 8.63. The van der Waals surface area contributed by atoms with Crippen LogP contribution in [0, 0.1) is 18.8 Å². The van der Waals surface area contributed by atoms with Crippen molar-refractivity contribution in [1.82, 2.24) is 9.88 Å². The molecule has 0 aliphatic carbocycles. The van der Waals surface area contributed by atoms with Gasteiger partial charge in [-0.05, 0) is 25.1 Å². The fourth-order valence-electron chi connectivity index (χ4n) is 1.83. The van der Waals surface area contributed by atoms with E-state index in [1.54, 1.807) is 30.3 Å². The molecule has 0 bridgehead atoms. The molecule has 0 fully saturated rings. The number of furan rings is 1. The standard InChI is InChI=1S/C16H16N2O3/c1-12-14(7-9-21-12)11-18(2)16(20)15-6-5-13(10-17-15)4-3-8-19/h5-7,9-10,19H,8,11H2,1-2H3. The van der Waals surface area contributed by atoms with Crippen molar-refractivity contribution < 1.29 is 14.3 Å². The van der Waals surface area contributed by atoms with Crippen molar-refractivity contribution in [2.24, 2.45) is 0 Å². The maximum atomic E-state index is 12.3. The number of nitrogens with zero attached hydrogens (tertiary/aromatic N) is 2. The van der Waals surface area contributed by atoms with Crippen molar-refractivity contribution in [3.05, 3.63) is 53.2 Å². The third-order valence-corrected chi connectivity index (χ3v) is 3.01. The van der Waals surface area contributed by atoms with Crippen LogP contribution in [0.15, 0.2) is 35.1 Å². The molecule has 5 heteroatoms. The van der Waals surface area contributed by atoms with E-state index in [1.807, 2.05) is 13.0 Å². The summed E-state index contributed by atoms with van der Waals surface area (Å²) < 4.78 is 5.21. The second kappa shape index (κ2) is 6.73.